The lowest BCUT2D eigenvalue weighted by Gasteiger charge is -2.24. The van der Waals surface area contributed by atoms with Gasteiger partial charge in [0.1, 0.15) is 5.69 Å². The van der Waals surface area contributed by atoms with Gasteiger partial charge < -0.3 is 19.9 Å². The number of hydrogen-bond acceptors (Lipinski definition) is 4. The zero-order chi connectivity index (χ0) is 28.9. The maximum absolute atomic E-state index is 13.3. The molecule has 9 nitrogen and oxygen atoms in total. The van der Waals surface area contributed by atoms with Crippen LogP contribution in [0.4, 0.5) is 4.79 Å². The van der Waals surface area contributed by atoms with E-state index in [-0.39, 0.29) is 11.5 Å². The highest BCUT2D eigenvalue weighted by Crippen LogP contribution is 2.39. The summed E-state index contributed by atoms with van der Waals surface area (Å²) in [6.07, 6.45) is 2.85. The quantitative estimate of drug-likeness (QED) is 0.288. The summed E-state index contributed by atoms with van der Waals surface area (Å²) in [5.41, 5.74) is 3.76. The van der Waals surface area contributed by atoms with Crippen molar-refractivity contribution in [2.45, 2.75) is 36.1 Å². The number of amides is 3. The molecule has 3 amide bonds. The Bertz CT molecular complexity index is 1730. The summed E-state index contributed by atoms with van der Waals surface area (Å²) in [6.45, 7) is 0.567. The molecular formula is C30H27ClN4O5S. The summed E-state index contributed by atoms with van der Waals surface area (Å²) in [4.78, 5) is 39.6. The van der Waals surface area contributed by atoms with E-state index >= 15 is 0 Å². The topological polar surface area (TPSA) is 121 Å². The smallest absolute Gasteiger partial charge is 0.335 e. The van der Waals surface area contributed by atoms with Crippen LogP contribution in [0.5, 0.6) is 0 Å². The van der Waals surface area contributed by atoms with Gasteiger partial charge in [-0.1, -0.05) is 23.7 Å². The number of benzene rings is 3. The minimum Gasteiger partial charge on any atom is -0.478 e. The predicted molar refractivity (Wildman–Crippen MR) is 156 cm³/mol. The number of aromatic carboxylic acids is 1. The normalized spacial score (nSPS) is 16.2. The first kappa shape index (κ1) is 27.0. The van der Waals surface area contributed by atoms with Crippen LogP contribution in [0.1, 0.15) is 44.8 Å². The number of carbonyl (C=O) groups is 3. The van der Waals surface area contributed by atoms with Crippen LogP contribution in [0.15, 0.2) is 71.6 Å². The number of urea groups is 1. The Morgan fingerprint density at radius 1 is 1.05 bits per heavy atom. The lowest BCUT2D eigenvalue weighted by molar-refractivity contribution is 0.0696. The second kappa shape index (κ2) is 10.4. The molecule has 3 aromatic carbocycles. The summed E-state index contributed by atoms with van der Waals surface area (Å²) in [5.74, 6) is -1.11. The molecule has 3 N–H and O–H groups in total. The average molecular weight is 591 g/mol. The van der Waals surface area contributed by atoms with Crippen molar-refractivity contribution in [2.75, 3.05) is 13.6 Å². The minimum absolute atomic E-state index is 0.105. The molecule has 6 rings (SSSR count). The number of nitrogens with one attached hydrogen (secondary N) is 2. The molecule has 2 heterocycles. The fourth-order valence-corrected chi connectivity index (χ4v) is 6.26. The summed E-state index contributed by atoms with van der Waals surface area (Å²) in [7, 11) is 0.0609. The molecule has 1 aromatic heterocycles. The Kier molecular flexibility index (Phi) is 6.83. The molecule has 11 heteroatoms. The fourth-order valence-electron chi connectivity index (χ4n) is 5.41. The van der Waals surface area contributed by atoms with Crippen LogP contribution < -0.4 is 10.0 Å². The largest absolute Gasteiger partial charge is 0.478 e. The molecule has 1 atom stereocenters. The van der Waals surface area contributed by atoms with E-state index in [0.29, 0.717) is 35.0 Å². The number of carbonyl (C=O) groups excluding carboxylic acids is 2. The zero-order valence-corrected chi connectivity index (χ0v) is 23.7. The van der Waals surface area contributed by atoms with Gasteiger partial charge in [0.2, 0.25) is 0 Å². The number of fused-ring (bicyclic) bond motifs is 3. The minimum atomic E-state index is -1.71. The summed E-state index contributed by atoms with van der Waals surface area (Å²) < 4.78 is 16.9. The summed E-state index contributed by atoms with van der Waals surface area (Å²) in [5, 5.41) is 13.8. The van der Waals surface area contributed by atoms with Crippen LogP contribution in [0.25, 0.3) is 16.6 Å². The van der Waals surface area contributed by atoms with E-state index in [1.807, 2.05) is 28.8 Å². The number of rotatable bonds is 7. The van der Waals surface area contributed by atoms with Crippen LogP contribution in [0, 0.1) is 0 Å². The van der Waals surface area contributed by atoms with Gasteiger partial charge in [-0.15, -0.1) is 0 Å². The molecule has 0 saturated heterocycles. The van der Waals surface area contributed by atoms with E-state index in [9.17, 15) is 23.7 Å². The van der Waals surface area contributed by atoms with Gasteiger partial charge in [-0.2, -0.15) is 0 Å². The molecule has 41 heavy (non-hydrogen) atoms. The lowest BCUT2D eigenvalue weighted by atomic mass is 10.0. The lowest BCUT2D eigenvalue weighted by Crippen LogP contribution is -2.45. The number of likely N-dealkylation sites (N-methyl/N-ethyl adjacent to an activating group) is 1. The number of nitrogens with zero attached hydrogens (tertiary/aromatic N) is 2. The van der Waals surface area contributed by atoms with Crippen molar-refractivity contribution in [3.05, 3.63) is 94.1 Å². The number of carboxylic acid groups (broad SMARTS) is 1. The number of hydrogen-bond donors (Lipinski definition) is 3. The van der Waals surface area contributed by atoms with Gasteiger partial charge in [0.15, 0.2) is 11.0 Å². The first-order chi connectivity index (χ1) is 19.6. The molecule has 0 spiro atoms. The maximum atomic E-state index is 13.3. The SMILES string of the molecule is CN1CCc2c(n(-c3ccc(CC4(NC(=O)NS(=O)c5ccc(Cl)cc5)CC4)cc3)c3ccc(C(=O)O)cc23)C1=O. The van der Waals surface area contributed by atoms with Crippen LogP contribution >= 0.6 is 11.6 Å². The maximum Gasteiger partial charge on any atom is 0.335 e. The molecule has 4 aromatic rings. The van der Waals surface area contributed by atoms with Gasteiger partial charge in [0, 0.05) is 35.2 Å². The predicted octanol–water partition coefficient (Wildman–Crippen LogP) is 4.71. The van der Waals surface area contributed by atoms with E-state index in [4.69, 9.17) is 11.6 Å². The summed E-state index contributed by atoms with van der Waals surface area (Å²) in [6, 6.07) is 18.7. The van der Waals surface area contributed by atoms with Crippen LogP contribution in [-0.2, 0) is 23.8 Å². The van der Waals surface area contributed by atoms with Gasteiger partial charge in [-0.05, 0) is 91.4 Å². The number of aromatic nitrogens is 1. The average Bonchev–Trinajstić information content (AvgIpc) is 3.61. The van der Waals surface area contributed by atoms with E-state index < -0.39 is 28.5 Å². The molecule has 1 aliphatic carbocycles. The monoisotopic (exact) mass is 590 g/mol. The number of halogens is 1. The van der Waals surface area contributed by atoms with Gasteiger partial charge in [-0.3, -0.25) is 9.52 Å². The van der Waals surface area contributed by atoms with Crippen LogP contribution in [0.2, 0.25) is 5.02 Å². The van der Waals surface area contributed by atoms with Crippen LogP contribution in [-0.4, -0.2) is 55.8 Å². The molecule has 1 saturated carbocycles. The third-order valence-corrected chi connectivity index (χ3v) is 9.07. The van der Waals surface area contributed by atoms with Crippen molar-refractivity contribution in [3.8, 4) is 5.69 Å². The number of carboxylic acids is 1. The highest BCUT2D eigenvalue weighted by molar-refractivity contribution is 7.83. The second-order valence-electron chi connectivity index (χ2n) is 10.6. The molecule has 210 valence electrons. The van der Waals surface area contributed by atoms with E-state index in [1.165, 1.54) is 0 Å². The van der Waals surface area contributed by atoms with Crippen molar-refractivity contribution in [2.24, 2.45) is 0 Å². The van der Waals surface area contributed by atoms with E-state index in [1.54, 1.807) is 54.4 Å². The molecular weight excluding hydrogens is 564 g/mol. The van der Waals surface area contributed by atoms with Crippen molar-refractivity contribution in [1.29, 1.82) is 0 Å². The van der Waals surface area contributed by atoms with Gasteiger partial charge in [-0.25, -0.2) is 13.8 Å². The Balaban J connectivity index is 1.22. The molecule has 0 radical (unpaired) electrons. The molecule has 2 aliphatic rings. The Morgan fingerprint density at radius 2 is 1.76 bits per heavy atom. The molecule has 1 unspecified atom stereocenters. The molecule has 1 fully saturated rings. The van der Waals surface area contributed by atoms with Crippen molar-refractivity contribution in [3.63, 3.8) is 0 Å². The third-order valence-electron chi connectivity index (χ3n) is 7.75. The molecule has 1 aliphatic heterocycles. The first-order valence-electron chi connectivity index (χ1n) is 13.2. The van der Waals surface area contributed by atoms with Crippen molar-refractivity contribution < 1.29 is 23.7 Å². The molecule has 0 bridgehead atoms. The van der Waals surface area contributed by atoms with Crippen molar-refractivity contribution >= 4 is 51.4 Å². The zero-order valence-electron chi connectivity index (χ0n) is 22.1. The third kappa shape index (κ3) is 5.20. The second-order valence-corrected chi connectivity index (χ2v) is 12.2. The Morgan fingerprint density at radius 3 is 2.41 bits per heavy atom. The Labute approximate surface area is 243 Å². The van der Waals surface area contributed by atoms with Gasteiger partial charge in [0.25, 0.3) is 5.91 Å². The van der Waals surface area contributed by atoms with Gasteiger partial charge >= 0.3 is 12.0 Å². The van der Waals surface area contributed by atoms with Crippen LogP contribution in [0.3, 0.4) is 0 Å². The van der Waals surface area contributed by atoms with E-state index in [0.717, 1.165) is 40.6 Å². The highest BCUT2D eigenvalue weighted by atomic mass is 35.5. The Hall–Kier alpha value is -4.15. The fraction of sp³-hybridized carbons (Fsp3) is 0.233. The first-order valence-corrected chi connectivity index (χ1v) is 14.7. The standard InChI is InChI=1S/C30H27ClN4O5S/c1-34-15-12-23-24-16-19(28(37)38)4-11-25(24)35(26(23)27(34)36)21-7-2-18(3-8-21)17-30(13-14-30)32-29(39)33-41(40)22-9-5-20(31)6-10-22/h2-11,16H,12-15,17H2,1H3,(H,37,38)(H2,32,33,39). The summed E-state index contributed by atoms with van der Waals surface area (Å²) >= 11 is 5.88. The van der Waals surface area contributed by atoms with Crippen molar-refractivity contribution in [1.82, 2.24) is 19.5 Å². The highest BCUT2D eigenvalue weighted by Gasteiger charge is 2.44. The van der Waals surface area contributed by atoms with E-state index in [2.05, 4.69) is 10.0 Å². The van der Waals surface area contributed by atoms with Gasteiger partial charge in [0.05, 0.1) is 16.0 Å².